The van der Waals surface area contributed by atoms with Crippen LogP contribution >= 0.6 is 0 Å². The van der Waals surface area contributed by atoms with Crippen molar-refractivity contribution < 1.29 is 9.13 Å². The lowest BCUT2D eigenvalue weighted by atomic mass is 10.1. The molecule has 116 valence electrons. The van der Waals surface area contributed by atoms with Crippen LogP contribution in [0.15, 0.2) is 24.8 Å². The number of nitrogens with zero attached hydrogens (tertiary/aromatic N) is 2. The molecule has 0 aliphatic carbocycles. The second-order valence-electron chi connectivity index (χ2n) is 5.95. The maximum absolute atomic E-state index is 3.43. The number of nitrogens with one attached hydrogen (secondary N) is 2. The SMILES string of the molecule is CCCC[n+]1cc[nH]c1CC(C)c1[nH]cc[n+]1CCCC. The minimum atomic E-state index is 0.489. The molecule has 0 saturated heterocycles. The van der Waals surface area contributed by atoms with Gasteiger partial charge in [-0.05, 0) is 12.8 Å². The van der Waals surface area contributed by atoms with E-state index in [4.69, 9.17) is 0 Å². The van der Waals surface area contributed by atoms with E-state index in [1.807, 2.05) is 0 Å². The number of hydrogen-bond donors (Lipinski definition) is 2. The molecule has 0 radical (unpaired) electrons. The van der Waals surface area contributed by atoms with Gasteiger partial charge >= 0.3 is 0 Å². The second kappa shape index (κ2) is 8.01. The van der Waals surface area contributed by atoms with Gasteiger partial charge in [0.1, 0.15) is 24.8 Å². The van der Waals surface area contributed by atoms with Crippen molar-refractivity contribution in [2.75, 3.05) is 0 Å². The van der Waals surface area contributed by atoms with E-state index in [1.54, 1.807) is 0 Å². The Labute approximate surface area is 128 Å². The van der Waals surface area contributed by atoms with E-state index in [0.717, 1.165) is 19.5 Å². The molecule has 4 nitrogen and oxygen atoms in total. The van der Waals surface area contributed by atoms with Gasteiger partial charge in [0.15, 0.2) is 0 Å². The summed E-state index contributed by atoms with van der Waals surface area (Å²) >= 11 is 0. The molecule has 0 fully saturated rings. The summed E-state index contributed by atoms with van der Waals surface area (Å²) in [5, 5.41) is 0. The maximum Gasteiger partial charge on any atom is 0.257 e. The largest absolute Gasteiger partial charge is 0.257 e. The van der Waals surface area contributed by atoms with Crippen LogP contribution in [0.1, 0.15) is 64.0 Å². The predicted octanol–water partition coefficient (Wildman–Crippen LogP) is 2.86. The molecule has 0 aromatic carbocycles. The Morgan fingerprint density at radius 2 is 1.57 bits per heavy atom. The van der Waals surface area contributed by atoms with Crippen LogP contribution in [0.2, 0.25) is 0 Å². The van der Waals surface area contributed by atoms with Gasteiger partial charge in [-0.15, -0.1) is 0 Å². The molecule has 0 aliphatic heterocycles. The highest BCUT2D eigenvalue weighted by molar-refractivity contribution is 4.93. The summed E-state index contributed by atoms with van der Waals surface area (Å²) in [4.78, 5) is 6.84. The van der Waals surface area contributed by atoms with Gasteiger partial charge in [0.25, 0.3) is 11.6 Å². The average molecular weight is 290 g/mol. The quantitative estimate of drug-likeness (QED) is 0.667. The normalized spacial score (nSPS) is 12.7. The summed E-state index contributed by atoms with van der Waals surface area (Å²) in [6.07, 6.45) is 14.4. The average Bonchev–Trinajstić information content (AvgIpc) is 3.11. The summed E-state index contributed by atoms with van der Waals surface area (Å²) in [7, 11) is 0. The molecule has 2 rings (SSSR count). The first kappa shape index (κ1) is 15.8. The van der Waals surface area contributed by atoms with Crippen molar-refractivity contribution in [1.29, 1.82) is 0 Å². The predicted molar refractivity (Wildman–Crippen MR) is 83.9 cm³/mol. The Balaban J connectivity index is 2.02. The first-order valence-electron chi connectivity index (χ1n) is 8.38. The number of H-pyrrole nitrogens is 2. The lowest BCUT2D eigenvalue weighted by Crippen LogP contribution is -2.40. The second-order valence-corrected chi connectivity index (χ2v) is 5.95. The summed E-state index contributed by atoms with van der Waals surface area (Å²) < 4.78 is 4.73. The molecule has 0 saturated carbocycles. The fourth-order valence-corrected chi connectivity index (χ4v) is 2.82. The van der Waals surface area contributed by atoms with E-state index in [1.165, 1.54) is 37.3 Å². The molecular formula is C17H30N4+2. The Morgan fingerprint density at radius 1 is 0.952 bits per heavy atom. The Kier molecular flexibility index (Phi) is 6.03. The van der Waals surface area contributed by atoms with Crippen molar-refractivity contribution in [1.82, 2.24) is 9.97 Å². The molecule has 2 heterocycles. The lowest BCUT2D eigenvalue weighted by Gasteiger charge is -2.07. The van der Waals surface area contributed by atoms with Crippen molar-refractivity contribution in [2.45, 2.75) is 71.9 Å². The number of aromatic amines is 2. The third-order valence-corrected chi connectivity index (χ3v) is 4.12. The number of aryl methyl sites for hydroxylation is 2. The number of unbranched alkanes of at least 4 members (excludes halogenated alkanes) is 2. The molecule has 1 atom stereocenters. The Morgan fingerprint density at radius 3 is 2.29 bits per heavy atom. The van der Waals surface area contributed by atoms with Crippen LogP contribution in [0.3, 0.4) is 0 Å². The van der Waals surface area contributed by atoms with E-state index >= 15 is 0 Å². The topological polar surface area (TPSA) is 39.3 Å². The Hall–Kier alpha value is -1.58. The zero-order chi connectivity index (χ0) is 15.1. The van der Waals surface area contributed by atoms with Gasteiger partial charge in [-0.3, -0.25) is 0 Å². The summed E-state index contributed by atoms with van der Waals surface area (Å²) in [5.41, 5.74) is 0. The number of aromatic nitrogens is 4. The van der Waals surface area contributed by atoms with Crippen molar-refractivity contribution in [3.8, 4) is 0 Å². The van der Waals surface area contributed by atoms with Gasteiger partial charge < -0.3 is 0 Å². The van der Waals surface area contributed by atoms with Crippen LogP contribution in [0.4, 0.5) is 0 Å². The van der Waals surface area contributed by atoms with Crippen LogP contribution in [0.25, 0.3) is 0 Å². The highest BCUT2D eigenvalue weighted by Gasteiger charge is 2.23. The van der Waals surface area contributed by atoms with Crippen LogP contribution in [-0.2, 0) is 19.5 Å². The third kappa shape index (κ3) is 4.19. The molecule has 0 spiro atoms. The van der Waals surface area contributed by atoms with Gasteiger partial charge in [0.2, 0.25) is 0 Å². The first-order valence-corrected chi connectivity index (χ1v) is 8.38. The van der Waals surface area contributed by atoms with Gasteiger partial charge in [-0.1, -0.05) is 33.6 Å². The first-order chi connectivity index (χ1) is 10.3. The van der Waals surface area contributed by atoms with Gasteiger partial charge in [-0.25, -0.2) is 19.1 Å². The zero-order valence-corrected chi connectivity index (χ0v) is 13.7. The molecule has 0 aliphatic rings. The molecule has 2 N–H and O–H groups in total. The molecular weight excluding hydrogens is 260 g/mol. The summed E-state index contributed by atoms with van der Waals surface area (Å²) in [6, 6.07) is 0. The van der Waals surface area contributed by atoms with Crippen LogP contribution < -0.4 is 9.13 Å². The molecule has 2 aromatic heterocycles. The fraction of sp³-hybridized carbons (Fsp3) is 0.647. The fourth-order valence-electron chi connectivity index (χ4n) is 2.82. The zero-order valence-electron chi connectivity index (χ0n) is 13.7. The molecule has 1 unspecified atom stereocenters. The number of imidazole rings is 2. The van der Waals surface area contributed by atoms with E-state index in [2.05, 4.69) is 64.7 Å². The van der Waals surface area contributed by atoms with E-state index in [9.17, 15) is 0 Å². The maximum atomic E-state index is 3.43. The van der Waals surface area contributed by atoms with Crippen molar-refractivity contribution in [2.24, 2.45) is 0 Å². The smallest absolute Gasteiger partial charge is 0.248 e. The number of rotatable bonds is 9. The Bertz CT molecular complexity index is 526. The number of hydrogen-bond acceptors (Lipinski definition) is 0. The van der Waals surface area contributed by atoms with Crippen molar-refractivity contribution in [3.63, 3.8) is 0 Å². The van der Waals surface area contributed by atoms with Gasteiger partial charge in [0, 0.05) is 0 Å². The minimum Gasteiger partial charge on any atom is -0.248 e. The lowest BCUT2D eigenvalue weighted by molar-refractivity contribution is -0.708. The highest BCUT2D eigenvalue weighted by atomic mass is 15.1. The van der Waals surface area contributed by atoms with E-state index in [0.29, 0.717) is 5.92 Å². The highest BCUT2D eigenvalue weighted by Crippen LogP contribution is 2.13. The summed E-state index contributed by atoms with van der Waals surface area (Å²) in [6.45, 7) is 9.01. The molecule has 4 heteroatoms. The molecule has 0 bridgehead atoms. The molecule has 2 aromatic rings. The molecule has 21 heavy (non-hydrogen) atoms. The van der Waals surface area contributed by atoms with Gasteiger partial charge in [0.05, 0.1) is 25.4 Å². The van der Waals surface area contributed by atoms with E-state index < -0.39 is 0 Å². The minimum absolute atomic E-state index is 0.489. The van der Waals surface area contributed by atoms with Gasteiger partial charge in [-0.2, -0.15) is 0 Å². The van der Waals surface area contributed by atoms with Crippen LogP contribution in [-0.4, -0.2) is 9.97 Å². The molecule has 0 amide bonds. The van der Waals surface area contributed by atoms with Crippen molar-refractivity contribution >= 4 is 0 Å². The van der Waals surface area contributed by atoms with Crippen LogP contribution in [0, 0.1) is 0 Å². The van der Waals surface area contributed by atoms with Crippen LogP contribution in [0.5, 0.6) is 0 Å². The third-order valence-electron chi connectivity index (χ3n) is 4.12. The monoisotopic (exact) mass is 290 g/mol. The standard InChI is InChI=1S/C17H28N4/c1-4-6-10-20-12-8-18-16(20)14-15(3)17-19-9-13-21(17)11-7-5-2/h8-9,12-13,15H,4-7,10-11,14H2,1-3H3/p+2. The van der Waals surface area contributed by atoms with E-state index in [-0.39, 0.29) is 0 Å². The summed E-state index contributed by atoms with van der Waals surface area (Å²) in [5.74, 6) is 3.15. The van der Waals surface area contributed by atoms with Crippen molar-refractivity contribution in [3.05, 3.63) is 36.4 Å².